The Morgan fingerprint density at radius 3 is 2.93 bits per heavy atom. The number of carbonyl (C=O) groups is 1. The molecule has 1 aliphatic carbocycles. The van der Waals surface area contributed by atoms with E-state index in [0.717, 1.165) is 32.3 Å². The van der Waals surface area contributed by atoms with Gasteiger partial charge in [-0.1, -0.05) is 6.42 Å². The number of ether oxygens (including phenoxy) is 1. The number of amides is 1. The van der Waals surface area contributed by atoms with Crippen LogP contribution in [0.4, 0.5) is 0 Å². The summed E-state index contributed by atoms with van der Waals surface area (Å²) in [4.78, 5) is 11.9. The lowest BCUT2D eigenvalue weighted by Crippen LogP contribution is -2.41. The summed E-state index contributed by atoms with van der Waals surface area (Å²) >= 11 is 0. The van der Waals surface area contributed by atoms with Gasteiger partial charge in [-0.2, -0.15) is 0 Å². The summed E-state index contributed by atoms with van der Waals surface area (Å²) in [6.45, 7) is 2.08. The van der Waals surface area contributed by atoms with Crippen LogP contribution in [0.5, 0.6) is 0 Å². The maximum Gasteiger partial charge on any atom is 0.223 e. The van der Waals surface area contributed by atoms with E-state index >= 15 is 0 Å². The molecule has 2 aliphatic rings. The largest absolute Gasteiger partial charge is 0.379 e. The van der Waals surface area contributed by atoms with Crippen LogP contribution < -0.4 is 11.1 Å². The predicted octanol–water partition coefficient (Wildman–Crippen LogP) is 0.266. The van der Waals surface area contributed by atoms with Crippen molar-refractivity contribution in [3.63, 3.8) is 0 Å². The van der Waals surface area contributed by atoms with E-state index in [2.05, 4.69) is 5.32 Å². The van der Waals surface area contributed by atoms with Crippen LogP contribution in [0.2, 0.25) is 0 Å². The SMILES string of the molecule is NCC1CCCC1C(=O)NC1CCOC1. The van der Waals surface area contributed by atoms with E-state index in [1.54, 1.807) is 0 Å². The lowest BCUT2D eigenvalue weighted by molar-refractivity contribution is -0.126. The monoisotopic (exact) mass is 212 g/mol. The maximum absolute atomic E-state index is 11.9. The number of hydrogen-bond donors (Lipinski definition) is 2. The van der Waals surface area contributed by atoms with Gasteiger partial charge < -0.3 is 15.8 Å². The minimum Gasteiger partial charge on any atom is -0.379 e. The molecule has 1 saturated carbocycles. The molecule has 0 bridgehead atoms. The van der Waals surface area contributed by atoms with Gasteiger partial charge in [0, 0.05) is 12.5 Å². The second kappa shape index (κ2) is 4.94. The smallest absolute Gasteiger partial charge is 0.223 e. The van der Waals surface area contributed by atoms with Crippen molar-refractivity contribution in [3.05, 3.63) is 0 Å². The van der Waals surface area contributed by atoms with Crippen molar-refractivity contribution in [1.82, 2.24) is 5.32 Å². The lowest BCUT2D eigenvalue weighted by atomic mass is 9.95. The van der Waals surface area contributed by atoms with Crippen molar-refractivity contribution in [1.29, 1.82) is 0 Å². The van der Waals surface area contributed by atoms with Crippen molar-refractivity contribution in [2.45, 2.75) is 31.7 Å². The van der Waals surface area contributed by atoms with Crippen LogP contribution in [-0.2, 0) is 9.53 Å². The van der Waals surface area contributed by atoms with Crippen LogP contribution in [0.15, 0.2) is 0 Å². The zero-order valence-corrected chi connectivity index (χ0v) is 9.08. The summed E-state index contributed by atoms with van der Waals surface area (Å²) in [5.74, 6) is 0.737. The van der Waals surface area contributed by atoms with Gasteiger partial charge in [0.1, 0.15) is 0 Å². The molecule has 4 nitrogen and oxygen atoms in total. The molecule has 2 fully saturated rings. The highest BCUT2D eigenvalue weighted by Gasteiger charge is 2.33. The first-order valence-corrected chi connectivity index (χ1v) is 5.89. The Labute approximate surface area is 90.5 Å². The summed E-state index contributed by atoms with van der Waals surface area (Å²) in [7, 11) is 0. The zero-order chi connectivity index (χ0) is 10.7. The average Bonchev–Trinajstić information content (AvgIpc) is 2.86. The van der Waals surface area contributed by atoms with Gasteiger partial charge in [0.2, 0.25) is 5.91 Å². The summed E-state index contributed by atoms with van der Waals surface area (Å²) in [6, 6.07) is 0.233. The van der Waals surface area contributed by atoms with Crippen LogP contribution in [0.25, 0.3) is 0 Å². The zero-order valence-electron chi connectivity index (χ0n) is 9.08. The third-order valence-electron chi connectivity index (χ3n) is 3.57. The van der Waals surface area contributed by atoms with E-state index in [9.17, 15) is 4.79 Å². The van der Waals surface area contributed by atoms with Crippen molar-refractivity contribution < 1.29 is 9.53 Å². The van der Waals surface area contributed by atoms with Crippen molar-refractivity contribution in [2.75, 3.05) is 19.8 Å². The highest BCUT2D eigenvalue weighted by molar-refractivity contribution is 5.79. The summed E-state index contributed by atoms with van der Waals surface area (Å²) in [5, 5.41) is 3.07. The highest BCUT2D eigenvalue weighted by Crippen LogP contribution is 2.31. The Bertz CT molecular complexity index is 227. The molecule has 15 heavy (non-hydrogen) atoms. The van der Waals surface area contributed by atoms with E-state index in [4.69, 9.17) is 10.5 Å². The molecule has 3 unspecified atom stereocenters. The molecule has 0 spiro atoms. The van der Waals surface area contributed by atoms with E-state index in [1.165, 1.54) is 0 Å². The van der Waals surface area contributed by atoms with Crippen LogP contribution >= 0.6 is 0 Å². The third-order valence-corrected chi connectivity index (χ3v) is 3.57. The Hall–Kier alpha value is -0.610. The fourth-order valence-corrected chi connectivity index (χ4v) is 2.62. The van der Waals surface area contributed by atoms with Gasteiger partial charge in [0.15, 0.2) is 0 Å². The quantitative estimate of drug-likeness (QED) is 0.705. The molecule has 1 amide bonds. The Kier molecular flexibility index (Phi) is 3.59. The fraction of sp³-hybridized carbons (Fsp3) is 0.909. The Morgan fingerprint density at radius 1 is 1.40 bits per heavy atom. The molecular weight excluding hydrogens is 192 g/mol. The Morgan fingerprint density at radius 2 is 2.27 bits per heavy atom. The fourth-order valence-electron chi connectivity index (χ4n) is 2.62. The van der Waals surface area contributed by atoms with Gasteiger partial charge >= 0.3 is 0 Å². The molecule has 1 aliphatic heterocycles. The second-order valence-corrected chi connectivity index (χ2v) is 4.60. The van der Waals surface area contributed by atoms with Crippen LogP contribution in [-0.4, -0.2) is 31.7 Å². The molecular formula is C11H20N2O2. The van der Waals surface area contributed by atoms with Crippen LogP contribution in [0.1, 0.15) is 25.7 Å². The highest BCUT2D eigenvalue weighted by atomic mass is 16.5. The van der Waals surface area contributed by atoms with Crippen molar-refractivity contribution >= 4 is 5.91 Å². The number of rotatable bonds is 3. The van der Waals surface area contributed by atoms with Gasteiger partial charge in [-0.3, -0.25) is 4.79 Å². The molecule has 0 aromatic carbocycles. The molecule has 86 valence electrons. The van der Waals surface area contributed by atoms with Gasteiger partial charge in [0.25, 0.3) is 0 Å². The summed E-state index contributed by atoms with van der Waals surface area (Å²) < 4.78 is 5.23. The molecule has 1 saturated heterocycles. The van der Waals surface area contributed by atoms with E-state index in [1.807, 2.05) is 0 Å². The minimum absolute atomic E-state index is 0.149. The topological polar surface area (TPSA) is 64.4 Å². The first kappa shape index (κ1) is 10.9. The molecule has 0 radical (unpaired) electrons. The molecule has 0 aromatic heterocycles. The van der Waals surface area contributed by atoms with Gasteiger partial charge in [-0.15, -0.1) is 0 Å². The van der Waals surface area contributed by atoms with Crippen LogP contribution in [0.3, 0.4) is 0 Å². The number of carbonyl (C=O) groups excluding carboxylic acids is 1. The van der Waals surface area contributed by atoms with Crippen molar-refractivity contribution in [2.24, 2.45) is 17.6 Å². The number of hydrogen-bond acceptors (Lipinski definition) is 3. The average molecular weight is 212 g/mol. The summed E-state index contributed by atoms with van der Waals surface area (Å²) in [5.41, 5.74) is 5.67. The molecule has 0 aromatic rings. The molecule has 4 heteroatoms. The first-order valence-electron chi connectivity index (χ1n) is 5.89. The molecule has 1 heterocycles. The third kappa shape index (κ3) is 2.49. The van der Waals surface area contributed by atoms with E-state index in [-0.39, 0.29) is 17.9 Å². The van der Waals surface area contributed by atoms with Gasteiger partial charge in [0.05, 0.1) is 12.6 Å². The standard InChI is InChI=1S/C11H20N2O2/c12-6-8-2-1-3-10(8)11(14)13-9-4-5-15-7-9/h8-10H,1-7,12H2,(H,13,14). The van der Waals surface area contributed by atoms with Crippen LogP contribution in [0, 0.1) is 11.8 Å². The maximum atomic E-state index is 11.9. The molecule has 3 N–H and O–H groups in total. The van der Waals surface area contributed by atoms with Gasteiger partial charge in [-0.25, -0.2) is 0 Å². The molecule has 2 rings (SSSR count). The minimum atomic E-state index is 0.149. The number of nitrogens with one attached hydrogen (secondary N) is 1. The van der Waals surface area contributed by atoms with E-state index in [0.29, 0.717) is 19.1 Å². The predicted molar refractivity (Wildman–Crippen MR) is 57.3 cm³/mol. The van der Waals surface area contributed by atoms with Crippen molar-refractivity contribution in [3.8, 4) is 0 Å². The molecule has 3 atom stereocenters. The summed E-state index contributed by atoms with van der Waals surface area (Å²) in [6.07, 6.45) is 4.20. The lowest BCUT2D eigenvalue weighted by Gasteiger charge is -2.19. The van der Waals surface area contributed by atoms with Gasteiger partial charge in [-0.05, 0) is 31.7 Å². The first-order chi connectivity index (χ1) is 7.31. The number of nitrogens with two attached hydrogens (primary N) is 1. The Balaban J connectivity index is 1.83. The van der Waals surface area contributed by atoms with E-state index < -0.39 is 0 Å². The second-order valence-electron chi connectivity index (χ2n) is 4.60. The normalized spacial score (nSPS) is 35.7.